The highest BCUT2D eigenvalue weighted by atomic mass is 32.1. The maximum absolute atomic E-state index is 12.7. The van der Waals surface area contributed by atoms with E-state index in [-0.39, 0.29) is 11.9 Å². The zero-order chi connectivity index (χ0) is 17.6. The van der Waals surface area contributed by atoms with Crippen LogP contribution in [0, 0.1) is 0 Å². The molecular formula is C19H26N4OS. The van der Waals surface area contributed by atoms with Gasteiger partial charge in [0, 0.05) is 24.2 Å². The van der Waals surface area contributed by atoms with E-state index in [1.807, 2.05) is 42.8 Å². The minimum atomic E-state index is -0.184. The van der Waals surface area contributed by atoms with Gasteiger partial charge in [0.1, 0.15) is 11.0 Å². The Labute approximate surface area is 153 Å². The molecule has 0 saturated carbocycles. The Balaban J connectivity index is 1.64. The van der Waals surface area contributed by atoms with Crippen LogP contribution < -0.4 is 5.32 Å². The fourth-order valence-corrected chi connectivity index (χ4v) is 4.09. The van der Waals surface area contributed by atoms with E-state index in [1.165, 1.54) is 6.42 Å². The van der Waals surface area contributed by atoms with Gasteiger partial charge in [0.25, 0.3) is 0 Å². The second-order valence-corrected chi connectivity index (χ2v) is 7.68. The molecule has 2 atom stereocenters. The molecule has 0 spiro atoms. The summed E-state index contributed by atoms with van der Waals surface area (Å²) < 4.78 is 0. The monoisotopic (exact) mass is 358 g/mol. The van der Waals surface area contributed by atoms with Crippen molar-refractivity contribution in [3.8, 4) is 0 Å². The molecule has 1 fully saturated rings. The van der Waals surface area contributed by atoms with Crippen LogP contribution in [0.4, 0.5) is 0 Å². The van der Waals surface area contributed by atoms with Crippen molar-refractivity contribution in [1.82, 2.24) is 20.1 Å². The Kier molecular flexibility index (Phi) is 6.18. The zero-order valence-electron chi connectivity index (χ0n) is 14.9. The highest BCUT2D eigenvalue weighted by Gasteiger charge is 2.24. The number of benzene rings is 1. The van der Waals surface area contributed by atoms with Crippen molar-refractivity contribution < 1.29 is 4.79 Å². The van der Waals surface area contributed by atoms with Crippen molar-refractivity contribution >= 4 is 17.2 Å². The lowest BCUT2D eigenvalue weighted by Crippen LogP contribution is -2.48. The Hall–Kier alpha value is -1.76. The third-order valence-electron chi connectivity index (χ3n) is 4.75. The summed E-state index contributed by atoms with van der Waals surface area (Å²) >= 11 is 1.57. The Morgan fingerprint density at radius 2 is 2.24 bits per heavy atom. The average molecular weight is 359 g/mol. The molecule has 5 nitrogen and oxygen atoms in total. The van der Waals surface area contributed by atoms with E-state index in [0.717, 1.165) is 30.1 Å². The maximum atomic E-state index is 12.7. The van der Waals surface area contributed by atoms with Crippen molar-refractivity contribution in [2.45, 2.75) is 24.9 Å². The number of carbonyl (C=O) groups excluding carboxylic acids is 1. The summed E-state index contributed by atoms with van der Waals surface area (Å²) in [6.45, 7) is 2.59. The molecule has 3 rings (SSSR count). The third kappa shape index (κ3) is 4.87. The standard InChI is InChI=1S/C19H26N4OS/c1-22-11-6-9-16(13-22)23(2)14-17(24)21-18(19-20-10-12-25-19)15-7-4-3-5-8-15/h3-5,7-8,10,12,16,18H,6,9,11,13-14H2,1-2H3,(H,21,24). The first-order chi connectivity index (χ1) is 12.1. The van der Waals surface area contributed by atoms with Gasteiger partial charge in [-0.2, -0.15) is 0 Å². The van der Waals surface area contributed by atoms with E-state index in [1.54, 1.807) is 17.5 Å². The van der Waals surface area contributed by atoms with Crippen LogP contribution in [0.15, 0.2) is 41.9 Å². The molecule has 2 aromatic rings. The van der Waals surface area contributed by atoms with Crippen molar-refractivity contribution in [3.05, 3.63) is 52.5 Å². The van der Waals surface area contributed by atoms with Gasteiger partial charge >= 0.3 is 0 Å². The van der Waals surface area contributed by atoms with E-state index in [9.17, 15) is 4.79 Å². The zero-order valence-corrected chi connectivity index (χ0v) is 15.7. The number of likely N-dealkylation sites (N-methyl/N-ethyl adjacent to an activating group) is 2. The SMILES string of the molecule is CN1CCCC(N(C)CC(=O)NC(c2ccccc2)c2nccs2)C1. The molecule has 1 aliphatic heterocycles. The molecule has 0 aliphatic carbocycles. The van der Waals surface area contributed by atoms with Crippen LogP contribution >= 0.6 is 11.3 Å². The molecule has 0 bridgehead atoms. The number of carbonyl (C=O) groups is 1. The second-order valence-electron chi connectivity index (χ2n) is 6.75. The number of piperidine rings is 1. The quantitative estimate of drug-likeness (QED) is 0.861. The van der Waals surface area contributed by atoms with E-state index < -0.39 is 0 Å². The number of hydrogen-bond donors (Lipinski definition) is 1. The van der Waals surface area contributed by atoms with Crippen molar-refractivity contribution in [2.24, 2.45) is 0 Å². The van der Waals surface area contributed by atoms with E-state index in [0.29, 0.717) is 12.6 Å². The fourth-order valence-electron chi connectivity index (χ4n) is 3.37. The summed E-state index contributed by atoms with van der Waals surface area (Å²) in [7, 11) is 4.19. The van der Waals surface area contributed by atoms with Crippen LogP contribution in [0.3, 0.4) is 0 Å². The number of nitrogens with zero attached hydrogens (tertiary/aromatic N) is 3. The number of likely N-dealkylation sites (tertiary alicyclic amines) is 1. The first kappa shape index (κ1) is 18.0. The normalized spacial score (nSPS) is 19.7. The number of aromatic nitrogens is 1. The molecule has 2 heterocycles. The average Bonchev–Trinajstić information content (AvgIpc) is 3.15. The number of hydrogen-bond acceptors (Lipinski definition) is 5. The van der Waals surface area contributed by atoms with Gasteiger partial charge in [0.2, 0.25) is 5.91 Å². The smallest absolute Gasteiger partial charge is 0.235 e. The highest BCUT2D eigenvalue weighted by molar-refractivity contribution is 7.09. The maximum Gasteiger partial charge on any atom is 0.235 e. The molecule has 6 heteroatoms. The summed E-state index contributed by atoms with van der Waals surface area (Å²) in [5.74, 6) is 0.0415. The van der Waals surface area contributed by atoms with Gasteiger partial charge in [-0.05, 0) is 39.0 Å². The number of nitrogens with one attached hydrogen (secondary N) is 1. The van der Waals surface area contributed by atoms with Gasteiger partial charge in [-0.25, -0.2) is 4.98 Å². The molecule has 0 radical (unpaired) electrons. The lowest BCUT2D eigenvalue weighted by atomic mass is 10.0. The molecular weight excluding hydrogens is 332 g/mol. The van der Waals surface area contributed by atoms with Gasteiger partial charge in [-0.15, -0.1) is 11.3 Å². The van der Waals surface area contributed by atoms with Crippen molar-refractivity contribution in [2.75, 3.05) is 33.7 Å². The molecule has 25 heavy (non-hydrogen) atoms. The highest BCUT2D eigenvalue weighted by Crippen LogP contribution is 2.23. The minimum Gasteiger partial charge on any atom is -0.342 e. The summed E-state index contributed by atoms with van der Waals surface area (Å²) in [6, 6.07) is 10.3. The summed E-state index contributed by atoms with van der Waals surface area (Å²) in [6.07, 6.45) is 4.13. The third-order valence-corrected chi connectivity index (χ3v) is 5.59. The van der Waals surface area contributed by atoms with Crippen LogP contribution in [0.1, 0.15) is 29.5 Å². The van der Waals surface area contributed by atoms with Crippen LogP contribution in [0.5, 0.6) is 0 Å². The largest absolute Gasteiger partial charge is 0.342 e. The molecule has 1 aromatic heterocycles. The lowest BCUT2D eigenvalue weighted by molar-refractivity contribution is -0.123. The van der Waals surface area contributed by atoms with Gasteiger partial charge in [-0.1, -0.05) is 30.3 Å². The molecule has 1 saturated heterocycles. The minimum absolute atomic E-state index is 0.0415. The molecule has 1 amide bonds. The molecule has 134 valence electrons. The Morgan fingerprint density at radius 1 is 1.44 bits per heavy atom. The van der Waals surface area contributed by atoms with Crippen LogP contribution in [-0.4, -0.2) is 60.5 Å². The van der Waals surface area contributed by atoms with E-state index in [4.69, 9.17) is 0 Å². The van der Waals surface area contributed by atoms with Crippen molar-refractivity contribution in [3.63, 3.8) is 0 Å². The lowest BCUT2D eigenvalue weighted by Gasteiger charge is -2.35. The summed E-state index contributed by atoms with van der Waals surface area (Å²) in [5.41, 5.74) is 1.06. The molecule has 1 aliphatic rings. The van der Waals surface area contributed by atoms with E-state index in [2.05, 4.69) is 27.1 Å². The topological polar surface area (TPSA) is 48.5 Å². The van der Waals surface area contributed by atoms with Gasteiger partial charge < -0.3 is 10.2 Å². The van der Waals surface area contributed by atoms with Crippen molar-refractivity contribution in [1.29, 1.82) is 0 Å². The molecule has 2 unspecified atom stereocenters. The van der Waals surface area contributed by atoms with E-state index >= 15 is 0 Å². The van der Waals surface area contributed by atoms with Crippen LogP contribution in [0.25, 0.3) is 0 Å². The predicted molar refractivity (Wildman–Crippen MR) is 102 cm³/mol. The number of rotatable bonds is 6. The molecule has 1 N–H and O–H groups in total. The first-order valence-corrected chi connectivity index (χ1v) is 9.64. The van der Waals surface area contributed by atoms with Crippen LogP contribution in [-0.2, 0) is 4.79 Å². The number of thiazole rings is 1. The second kappa shape index (κ2) is 8.56. The van der Waals surface area contributed by atoms with Gasteiger partial charge in [0.05, 0.1) is 6.54 Å². The Bertz CT molecular complexity index is 661. The predicted octanol–water partition coefficient (Wildman–Crippen LogP) is 2.37. The Morgan fingerprint density at radius 3 is 2.92 bits per heavy atom. The molecule has 1 aromatic carbocycles. The summed E-state index contributed by atoms with van der Waals surface area (Å²) in [4.78, 5) is 21.6. The van der Waals surface area contributed by atoms with Crippen LogP contribution in [0.2, 0.25) is 0 Å². The van der Waals surface area contributed by atoms with Gasteiger partial charge in [0.15, 0.2) is 0 Å². The van der Waals surface area contributed by atoms with Gasteiger partial charge in [-0.3, -0.25) is 9.69 Å². The summed E-state index contributed by atoms with van der Waals surface area (Å²) in [5, 5.41) is 6.03. The first-order valence-electron chi connectivity index (χ1n) is 8.76. The fraction of sp³-hybridized carbons (Fsp3) is 0.474. The number of amides is 1.